The van der Waals surface area contributed by atoms with E-state index >= 15 is 0 Å². The Balaban J connectivity index is 2.06. The quantitative estimate of drug-likeness (QED) is 0.863. The van der Waals surface area contributed by atoms with Crippen molar-refractivity contribution in [3.8, 4) is 0 Å². The summed E-state index contributed by atoms with van der Waals surface area (Å²) < 4.78 is 4.66. The van der Waals surface area contributed by atoms with E-state index < -0.39 is 0 Å². The number of rotatable bonds is 4. The molecule has 0 aromatic heterocycles. The number of benzene rings is 2. The third-order valence-corrected chi connectivity index (χ3v) is 3.38. The van der Waals surface area contributed by atoms with E-state index in [0.717, 1.165) is 16.8 Å². The molecule has 0 amide bonds. The van der Waals surface area contributed by atoms with Gasteiger partial charge in [-0.1, -0.05) is 35.9 Å². The zero-order chi connectivity index (χ0) is 14.5. The number of methoxy groups -OCH3 is 1. The maximum absolute atomic E-state index is 11.3. The molecule has 0 atom stereocenters. The third-order valence-electron chi connectivity index (χ3n) is 3.07. The molecule has 2 aromatic rings. The Bertz CT molecular complexity index is 588. The molecule has 20 heavy (non-hydrogen) atoms. The van der Waals surface area contributed by atoms with Gasteiger partial charge in [0.1, 0.15) is 0 Å². The fourth-order valence-corrected chi connectivity index (χ4v) is 2.21. The summed E-state index contributed by atoms with van der Waals surface area (Å²) in [5.74, 6) is -0.327. The van der Waals surface area contributed by atoms with E-state index in [4.69, 9.17) is 11.6 Å². The molecular weight excluding hydrogens is 274 g/mol. The highest BCUT2D eigenvalue weighted by atomic mass is 35.5. The Morgan fingerprint density at radius 2 is 1.90 bits per heavy atom. The molecule has 0 unspecified atom stereocenters. The normalized spacial score (nSPS) is 10.2. The first-order valence-electron chi connectivity index (χ1n) is 6.28. The first kappa shape index (κ1) is 14.4. The van der Waals surface area contributed by atoms with Crippen molar-refractivity contribution in [1.29, 1.82) is 0 Å². The highest BCUT2D eigenvalue weighted by molar-refractivity contribution is 6.33. The summed E-state index contributed by atoms with van der Waals surface area (Å²) in [5, 5.41) is 4.02. The average Bonchev–Trinajstić information content (AvgIpc) is 2.46. The lowest BCUT2D eigenvalue weighted by molar-refractivity contribution is 0.0600. The van der Waals surface area contributed by atoms with Gasteiger partial charge in [-0.25, -0.2) is 4.79 Å². The first-order valence-corrected chi connectivity index (χ1v) is 6.66. The van der Waals surface area contributed by atoms with Gasteiger partial charge >= 0.3 is 5.97 Å². The van der Waals surface area contributed by atoms with Crippen molar-refractivity contribution < 1.29 is 9.53 Å². The molecule has 3 nitrogen and oxygen atoms in total. The molecule has 0 fully saturated rings. The second kappa shape index (κ2) is 6.44. The summed E-state index contributed by atoms with van der Waals surface area (Å²) in [4.78, 5) is 11.3. The predicted octanol–water partition coefficient (Wildman–Crippen LogP) is 4.05. The molecule has 104 valence electrons. The standard InChI is InChI=1S/C16H16ClNO2/c1-11-4-3-5-14(17)15(11)18-10-12-6-8-13(9-7-12)16(19)20-2/h3-9,18H,10H2,1-2H3. The van der Waals surface area contributed by atoms with Gasteiger partial charge in [0.05, 0.1) is 23.4 Å². The number of aryl methyl sites for hydroxylation is 1. The highest BCUT2D eigenvalue weighted by Crippen LogP contribution is 2.25. The summed E-state index contributed by atoms with van der Waals surface area (Å²) in [5.41, 5.74) is 3.65. The van der Waals surface area contributed by atoms with Gasteiger partial charge in [0, 0.05) is 6.54 Å². The third kappa shape index (κ3) is 3.31. The van der Waals surface area contributed by atoms with Crippen LogP contribution in [0.4, 0.5) is 5.69 Å². The molecule has 2 rings (SSSR count). The van der Waals surface area contributed by atoms with Crippen molar-refractivity contribution in [1.82, 2.24) is 0 Å². The Kier molecular flexibility index (Phi) is 4.64. The van der Waals surface area contributed by atoms with Crippen LogP contribution in [0.2, 0.25) is 5.02 Å². The van der Waals surface area contributed by atoms with Crippen LogP contribution in [0.3, 0.4) is 0 Å². The van der Waals surface area contributed by atoms with Crippen LogP contribution < -0.4 is 5.32 Å². The number of carbonyl (C=O) groups is 1. The minimum atomic E-state index is -0.327. The predicted molar refractivity (Wildman–Crippen MR) is 81.3 cm³/mol. The lowest BCUT2D eigenvalue weighted by Gasteiger charge is -2.11. The maximum atomic E-state index is 11.3. The van der Waals surface area contributed by atoms with Crippen LogP contribution in [0.25, 0.3) is 0 Å². The van der Waals surface area contributed by atoms with Crippen molar-refractivity contribution in [2.45, 2.75) is 13.5 Å². The molecule has 0 aliphatic carbocycles. The van der Waals surface area contributed by atoms with Crippen LogP contribution in [0, 0.1) is 6.92 Å². The fraction of sp³-hybridized carbons (Fsp3) is 0.188. The molecule has 0 heterocycles. The minimum Gasteiger partial charge on any atom is -0.465 e. The van der Waals surface area contributed by atoms with Crippen LogP contribution in [-0.4, -0.2) is 13.1 Å². The molecule has 0 radical (unpaired) electrons. The first-order chi connectivity index (χ1) is 9.61. The van der Waals surface area contributed by atoms with E-state index in [1.807, 2.05) is 37.3 Å². The second-order valence-electron chi connectivity index (χ2n) is 4.47. The summed E-state index contributed by atoms with van der Waals surface area (Å²) in [6.45, 7) is 2.65. The maximum Gasteiger partial charge on any atom is 0.337 e. The summed E-state index contributed by atoms with van der Waals surface area (Å²) in [6, 6.07) is 13.1. The van der Waals surface area contributed by atoms with Gasteiger partial charge in [0.2, 0.25) is 0 Å². The molecule has 0 saturated carbocycles. The molecular formula is C16H16ClNO2. The van der Waals surface area contributed by atoms with Crippen LogP contribution in [0.5, 0.6) is 0 Å². The number of ether oxygens (including phenoxy) is 1. The van der Waals surface area contributed by atoms with Crippen LogP contribution in [0.1, 0.15) is 21.5 Å². The van der Waals surface area contributed by atoms with E-state index in [2.05, 4.69) is 10.1 Å². The summed E-state index contributed by atoms with van der Waals surface area (Å²) >= 11 is 6.16. The molecule has 2 aromatic carbocycles. The Morgan fingerprint density at radius 1 is 1.20 bits per heavy atom. The fourth-order valence-electron chi connectivity index (χ4n) is 1.92. The number of anilines is 1. The number of hydrogen-bond acceptors (Lipinski definition) is 3. The summed E-state index contributed by atoms with van der Waals surface area (Å²) in [6.07, 6.45) is 0. The largest absolute Gasteiger partial charge is 0.465 e. The molecule has 1 N–H and O–H groups in total. The number of carbonyl (C=O) groups excluding carboxylic acids is 1. The van der Waals surface area contributed by atoms with Crippen molar-refractivity contribution in [3.05, 3.63) is 64.2 Å². The average molecular weight is 290 g/mol. The van der Waals surface area contributed by atoms with Gasteiger partial charge in [0.25, 0.3) is 0 Å². The topological polar surface area (TPSA) is 38.3 Å². The molecule has 0 aliphatic heterocycles. The molecule has 0 spiro atoms. The van der Waals surface area contributed by atoms with Crippen LogP contribution >= 0.6 is 11.6 Å². The second-order valence-corrected chi connectivity index (χ2v) is 4.88. The van der Waals surface area contributed by atoms with Gasteiger partial charge < -0.3 is 10.1 Å². The lowest BCUT2D eigenvalue weighted by atomic mass is 10.1. The van der Waals surface area contributed by atoms with E-state index in [0.29, 0.717) is 17.1 Å². The van der Waals surface area contributed by atoms with Crippen molar-refractivity contribution >= 4 is 23.3 Å². The number of esters is 1. The smallest absolute Gasteiger partial charge is 0.337 e. The van der Waals surface area contributed by atoms with E-state index in [1.165, 1.54) is 7.11 Å². The van der Waals surface area contributed by atoms with Gasteiger partial charge in [0.15, 0.2) is 0 Å². The van der Waals surface area contributed by atoms with E-state index in [9.17, 15) is 4.79 Å². The number of nitrogens with one attached hydrogen (secondary N) is 1. The van der Waals surface area contributed by atoms with Gasteiger partial charge in [-0.05, 0) is 36.2 Å². The van der Waals surface area contributed by atoms with Gasteiger partial charge in [-0.3, -0.25) is 0 Å². The highest BCUT2D eigenvalue weighted by Gasteiger charge is 2.05. The van der Waals surface area contributed by atoms with Crippen molar-refractivity contribution in [2.24, 2.45) is 0 Å². The zero-order valence-corrected chi connectivity index (χ0v) is 12.2. The number of para-hydroxylation sites is 1. The number of halogens is 1. The van der Waals surface area contributed by atoms with Crippen molar-refractivity contribution in [2.75, 3.05) is 12.4 Å². The number of hydrogen-bond donors (Lipinski definition) is 1. The molecule has 0 aliphatic rings. The van der Waals surface area contributed by atoms with E-state index in [1.54, 1.807) is 12.1 Å². The van der Waals surface area contributed by atoms with Crippen molar-refractivity contribution in [3.63, 3.8) is 0 Å². The SMILES string of the molecule is COC(=O)c1ccc(CNc2c(C)cccc2Cl)cc1. The van der Waals surface area contributed by atoms with Gasteiger partial charge in [-0.2, -0.15) is 0 Å². The Hall–Kier alpha value is -2.00. The lowest BCUT2D eigenvalue weighted by Crippen LogP contribution is -2.04. The molecule has 0 saturated heterocycles. The minimum absolute atomic E-state index is 0.327. The zero-order valence-electron chi connectivity index (χ0n) is 11.4. The van der Waals surface area contributed by atoms with E-state index in [-0.39, 0.29) is 5.97 Å². The molecule has 4 heteroatoms. The monoisotopic (exact) mass is 289 g/mol. The summed E-state index contributed by atoms with van der Waals surface area (Å²) in [7, 11) is 1.37. The van der Waals surface area contributed by atoms with Crippen LogP contribution in [0.15, 0.2) is 42.5 Å². The van der Waals surface area contributed by atoms with Crippen LogP contribution in [-0.2, 0) is 11.3 Å². The Labute approximate surface area is 123 Å². The molecule has 0 bridgehead atoms. The van der Waals surface area contributed by atoms with Gasteiger partial charge in [-0.15, -0.1) is 0 Å². The Morgan fingerprint density at radius 3 is 2.50 bits per heavy atom.